The summed E-state index contributed by atoms with van der Waals surface area (Å²) < 4.78 is 28.8. The molecule has 1 N–H and O–H groups in total. The largest absolute Gasteiger partial charge is 0.492 e. The van der Waals surface area contributed by atoms with Gasteiger partial charge in [-0.2, -0.15) is 0 Å². The van der Waals surface area contributed by atoms with Gasteiger partial charge in [0.15, 0.2) is 15.8 Å². The number of ether oxygens (including phenoxy) is 1. The first-order chi connectivity index (χ1) is 14.5. The number of guanidine groups is 1. The van der Waals surface area contributed by atoms with Gasteiger partial charge in [-0.05, 0) is 55.5 Å². The van der Waals surface area contributed by atoms with E-state index in [1.165, 1.54) is 18.2 Å². The lowest BCUT2D eigenvalue weighted by molar-refractivity contribution is 0.327. The first-order valence-corrected chi connectivity index (χ1v) is 12.3. The van der Waals surface area contributed by atoms with Gasteiger partial charge in [0.2, 0.25) is 0 Å². The molecule has 6 nitrogen and oxygen atoms in total. The number of rotatable bonds is 8. The van der Waals surface area contributed by atoms with Crippen LogP contribution in [0.5, 0.6) is 5.75 Å². The van der Waals surface area contributed by atoms with E-state index in [9.17, 15) is 8.42 Å². The lowest BCUT2D eigenvalue weighted by Gasteiger charge is -2.21. The Labute approximate surface area is 203 Å². The Balaban J connectivity index is 0.00000341. The predicted molar refractivity (Wildman–Crippen MR) is 136 cm³/mol. The van der Waals surface area contributed by atoms with Crippen LogP contribution < -0.4 is 10.1 Å². The van der Waals surface area contributed by atoms with Gasteiger partial charge < -0.3 is 15.0 Å². The molecule has 2 aromatic rings. The predicted octanol–water partition coefficient (Wildman–Crippen LogP) is 3.62. The van der Waals surface area contributed by atoms with Crippen LogP contribution in [0, 0.1) is 5.92 Å². The zero-order valence-corrected chi connectivity index (χ0v) is 21.3. The summed E-state index contributed by atoms with van der Waals surface area (Å²) in [5.74, 6) is 2.22. The average Bonchev–Trinajstić information content (AvgIpc) is 3.19. The smallest absolute Gasteiger partial charge is 0.194 e. The van der Waals surface area contributed by atoms with E-state index in [1.807, 2.05) is 0 Å². The molecule has 170 valence electrons. The van der Waals surface area contributed by atoms with E-state index in [-0.39, 0.29) is 24.0 Å². The molecule has 1 aliphatic rings. The van der Waals surface area contributed by atoms with Gasteiger partial charge in [0.25, 0.3) is 0 Å². The quantitative estimate of drug-likeness (QED) is 0.233. The van der Waals surface area contributed by atoms with Crippen LogP contribution in [-0.4, -0.2) is 58.3 Å². The molecule has 1 unspecified atom stereocenters. The van der Waals surface area contributed by atoms with Crippen molar-refractivity contribution >= 4 is 39.8 Å². The third-order valence-corrected chi connectivity index (χ3v) is 6.29. The first kappa shape index (κ1) is 25.5. The van der Waals surface area contributed by atoms with Gasteiger partial charge >= 0.3 is 0 Å². The molecule has 0 radical (unpaired) electrons. The van der Waals surface area contributed by atoms with Crippen molar-refractivity contribution in [1.82, 2.24) is 10.2 Å². The van der Waals surface area contributed by atoms with Crippen molar-refractivity contribution in [2.75, 3.05) is 39.0 Å². The van der Waals surface area contributed by atoms with Crippen LogP contribution in [0.4, 0.5) is 0 Å². The molecule has 3 rings (SSSR count). The second kappa shape index (κ2) is 12.3. The van der Waals surface area contributed by atoms with Crippen molar-refractivity contribution in [2.24, 2.45) is 10.9 Å². The van der Waals surface area contributed by atoms with Crippen molar-refractivity contribution in [3.8, 4) is 5.75 Å². The molecule has 1 fully saturated rings. The Hall–Kier alpha value is -1.81. The van der Waals surface area contributed by atoms with Crippen LogP contribution in [0.3, 0.4) is 0 Å². The first-order valence-electron chi connectivity index (χ1n) is 10.5. The number of hydrogen-bond donors (Lipinski definition) is 1. The van der Waals surface area contributed by atoms with Gasteiger partial charge in [-0.15, -0.1) is 24.0 Å². The third-order valence-electron chi connectivity index (χ3n) is 5.16. The van der Waals surface area contributed by atoms with Gasteiger partial charge in [-0.3, -0.25) is 0 Å². The molecule has 1 heterocycles. The topological polar surface area (TPSA) is 71.0 Å². The summed E-state index contributed by atoms with van der Waals surface area (Å²) in [6, 6.07) is 17.1. The van der Waals surface area contributed by atoms with E-state index in [1.54, 1.807) is 24.3 Å². The summed E-state index contributed by atoms with van der Waals surface area (Å²) in [5, 5.41) is 3.39. The molecule has 2 aromatic carbocycles. The van der Waals surface area contributed by atoms with E-state index in [2.05, 4.69) is 47.5 Å². The standard InChI is InChI=1S/C23H31N3O3S.HI/c1-3-24-23(26-15-13-20(18-26)17-19-7-5-4-6-8-19)25-14-16-29-21-9-11-22(12-10-21)30(2,27)28;/h4-12,20H,3,13-18H2,1-2H3,(H,24,25);1H. The van der Waals surface area contributed by atoms with Crippen molar-refractivity contribution in [3.63, 3.8) is 0 Å². The lowest BCUT2D eigenvalue weighted by atomic mass is 9.99. The molecule has 1 aliphatic heterocycles. The molecule has 0 spiro atoms. The number of hydrogen-bond acceptors (Lipinski definition) is 4. The van der Waals surface area contributed by atoms with Crippen molar-refractivity contribution in [1.29, 1.82) is 0 Å². The molecule has 1 saturated heterocycles. The van der Waals surface area contributed by atoms with Crippen molar-refractivity contribution in [3.05, 3.63) is 60.2 Å². The van der Waals surface area contributed by atoms with Gasteiger partial charge in [-0.1, -0.05) is 30.3 Å². The van der Waals surface area contributed by atoms with Crippen LogP contribution in [-0.2, 0) is 16.3 Å². The second-order valence-corrected chi connectivity index (χ2v) is 9.63. The SMILES string of the molecule is CCNC(=NCCOc1ccc(S(C)(=O)=O)cc1)N1CCC(Cc2ccccc2)C1.I. The molecule has 0 aliphatic carbocycles. The Morgan fingerprint density at radius 1 is 1.16 bits per heavy atom. The van der Waals surface area contributed by atoms with Gasteiger partial charge in [0.1, 0.15) is 12.4 Å². The number of sulfone groups is 1. The molecule has 0 aromatic heterocycles. The number of nitrogens with zero attached hydrogens (tertiary/aromatic N) is 2. The average molecular weight is 557 g/mol. The van der Waals surface area contributed by atoms with Gasteiger partial charge in [0.05, 0.1) is 11.4 Å². The highest BCUT2D eigenvalue weighted by Gasteiger charge is 2.24. The highest BCUT2D eigenvalue weighted by molar-refractivity contribution is 14.0. The van der Waals surface area contributed by atoms with Crippen molar-refractivity contribution < 1.29 is 13.2 Å². The fourth-order valence-corrected chi connectivity index (χ4v) is 4.29. The Kier molecular flexibility index (Phi) is 10.1. The van der Waals surface area contributed by atoms with Gasteiger partial charge in [0, 0.05) is 25.9 Å². The van der Waals surface area contributed by atoms with E-state index in [0.29, 0.717) is 29.7 Å². The Bertz CT molecular complexity index is 934. The van der Waals surface area contributed by atoms with E-state index < -0.39 is 9.84 Å². The van der Waals surface area contributed by atoms with E-state index in [4.69, 9.17) is 9.73 Å². The molecule has 0 bridgehead atoms. The number of halogens is 1. The maximum atomic E-state index is 11.5. The zero-order chi connectivity index (χ0) is 21.4. The number of likely N-dealkylation sites (tertiary alicyclic amines) is 1. The maximum Gasteiger partial charge on any atom is 0.194 e. The summed E-state index contributed by atoms with van der Waals surface area (Å²) >= 11 is 0. The molecule has 31 heavy (non-hydrogen) atoms. The van der Waals surface area contributed by atoms with Gasteiger partial charge in [-0.25, -0.2) is 13.4 Å². The summed E-state index contributed by atoms with van der Waals surface area (Å²) in [4.78, 5) is 7.34. The molecule has 0 amide bonds. The number of aliphatic imine (C=N–C) groups is 1. The summed E-state index contributed by atoms with van der Waals surface area (Å²) in [5.41, 5.74) is 1.39. The van der Waals surface area contributed by atoms with Crippen molar-refractivity contribution in [2.45, 2.75) is 24.7 Å². The summed E-state index contributed by atoms with van der Waals surface area (Å²) in [7, 11) is -3.19. The lowest BCUT2D eigenvalue weighted by Crippen LogP contribution is -2.40. The second-order valence-electron chi connectivity index (χ2n) is 7.62. The van der Waals surface area contributed by atoms with Crippen LogP contribution in [0.25, 0.3) is 0 Å². The normalized spacial score (nSPS) is 16.6. The fraction of sp³-hybridized carbons (Fsp3) is 0.435. The summed E-state index contributed by atoms with van der Waals surface area (Å²) in [6.07, 6.45) is 3.47. The van der Waals surface area contributed by atoms with E-state index >= 15 is 0 Å². The molecule has 8 heteroatoms. The fourth-order valence-electron chi connectivity index (χ4n) is 3.66. The number of benzene rings is 2. The third kappa shape index (κ3) is 7.99. The minimum absolute atomic E-state index is 0. The minimum Gasteiger partial charge on any atom is -0.492 e. The van der Waals surface area contributed by atoms with Crippen LogP contribution in [0.1, 0.15) is 18.9 Å². The maximum absolute atomic E-state index is 11.5. The molecular weight excluding hydrogens is 525 g/mol. The highest BCUT2D eigenvalue weighted by Crippen LogP contribution is 2.21. The highest BCUT2D eigenvalue weighted by atomic mass is 127. The van der Waals surface area contributed by atoms with E-state index in [0.717, 1.165) is 32.0 Å². The van der Waals surface area contributed by atoms with Crippen LogP contribution in [0.15, 0.2) is 64.5 Å². The van der Waals surface area contributed by atoms with Crippen LogP contribution in [0.2, 0.25) is 0 Å². The monoisotopic (exact) mass is 557 g/mol. The Morgan fingerprint density at radius 2 is 1.87 bits per heavy atom. The minimum atomic E-state index is -3.19. The summed E-state index contributed by atoms with van der Waals surface area (Å²) in [6.45, 7) is 5.90. The Morgan fingerprint density at radius 3 is 2.52 bits per heavy atom. The zero-order valence-electron chi connectivity index (χ0n) is 18.2. The molecule has 1 atom stereocenters. The van der Waals surface area contributed by atoms with Crippen LogP contribution >= 0.6 is 24.0 Å². The number of nitrogens with one attached hydrogen (secondary N) is 1. The molecular formula is C23H32IN3O3S. The molecule has 0 saturated carbocycles.